The lowest BCUT2D eigenvalue weighted by atomic mass is 10.1. The second-order valence-electron chi connectivity index (χ2n) is 3.67. The van der Waals surface area contributed by atoms with Crippen molar-refractivity contribution in [2.75, 3.05) is 0 Å². The van der Waals surface area contributed by atoms with Crippen molar-refractivity contribution < 1.29 is 23.1 Å². The molecule has 0 radical (unpaired) electrons. The summed E-state index contributed by atoms with van der Waals surface area (Å²) in [5.41, 5.74) is -0.782. The Labute approximate surface area is 102 Å². The molecule has 0 spiro atoms. The third-order valence-electron chi connectivity index (χ3n) is 2.18. The number of rotatable bonds is 3. The van der Waals surface area contributed by atoms with E-state index in [4.69, 9.17) is 11.5 Å². The van der Waals surface area contributed by atoms with E-state index in [2.05, 4.69) is 11.2 Å². The second-order valence-corrected chi connectivity index (χ2v) is 3.67. The SMILES string of the molecule is C#CCC(C)NC(=O)c1cc(F)c(F)c(O)c1F. The van der Waals surface area contributed by atoms with Crippen LogP contribution < -0.4 is 5.32 Å². The predicted octanol–water partition coefficient (Wildman–Crippen LogP) is 1.95. The number of phenolic OH excluding ortho intramolecular Hbond substituents is 1. The van der Waals surface area contributed by atoms with E-state index >= 15 is 0 Å². The zero-order chi connectivity index (χ0) is 13.9. The van der Waals surface area contributed by atoms with Gasteiger partial charge >= 0.3 is 0 Å². The topological polar surface area (TPSA) is 49.3 Å². The van der Waals surface area contributed by atoms with Gasteiger partial charge in [-0.05, 0) is 13.0 Å². The Balaban J connectivity index is 3.04. The van der Waals surface area contributed by atoms with Gasteiger partial charge in [0.25, 0.3) is 5.91 Å². The maximum atomic E-state index is 13.4. The molecule has 1 amide bonds. The number of terminal acetylenes is 1. The van der Waals surface area contributed by atoms with E-state index in [1.54, 1.807) is 6.92 Å². The summed E-state index contributed by atoms with van der Waals surface area (Å²) in [4.78, 5) is 11.5. The molecule has 1 aromatic rings. The van der Waals surface area contributed by atoms with Crippen molar-refractivity contribution >= 4 is 5.91 Å². The first-order chi connectivity index (χ1) is 8.38. The summed E-state index contributed by atoms with van der Waals surface area (Å²) in [6.07, 6.45) is 5.21. The average molecular weight is 257 g/mol. The predicted molar refractivity (Wildman–Crippen MR) is 58.4 cm³/mol. The minimum Gasteiger partial charge on any atom is -0.503 e. The molecule has 3 nitrogen and oxygen atoms in total. The normalized spacial score (nSPS) is 11.7. The first kappa shape index (κ1) is 13.9. The van der Waals surface area contributed by atoms with Gasteiger partial charge in [-0.25, -0.2) is 8.78 Å². The number of aromatic hydroxyl groups is 1. The number of hydrogen-bond acceptors (Lipinski definition) is 2. The molecule has 1 aromatic carbocycles. The molecule has 0 aromatic heterocycles. The molecule has 0 saturated heterocycles. The van der Waals surface area contributed by atoms with Crippen molar-refractivity contribution in [1.29, 1.82) is 0 Å². The van der Waals surface area contributed by atoms with Gasteiger partial charge in [0.1, 0.15) is 0 Å². The molecule has 18 heavy (non-hydrogen) atoms. The van der Waals surface area contributed by atoms with E-state index in [0.717, 1.165) is 0 Å². The Morgan fingerprint density at radius 3 is 2.67 bits per heavy atom. The minimum absolute atomic E-state index is 0.197. The fourth-order valence-electron chi connectivity index (χ4n) is 1.29. The molecule has 2 N–H and O–H groups in total. The molecule has 0 heterocycles. The van der Waals surface area contributed by atoms with Gasteiger partial charge in [-0.1, -0.05) is 0 Å². The Hall–Kier alpha value is -2.16. The number of benzene rings is 1. The largest absolute Gasteiger partial charge is 0.503 e. The van der Waals surface area contributed by atoms with Gasteiger partial charge < -0.3 is 10.4 Å². The molecule has 0 saturated carbocycles. The summed E-state index contributed by atoms with van der Waals surface area (Å²) in [6, 6.07) is -0.0837. The quantitative estimate of drug-likeness (QED) is 0.642. The number of nitrogens with one attached hydrogen (secondary N) is 1. The molecule has 6 heteroatoms. The fourth-order valence-corrected chi connectivity index (χ4v) is 1.29. The van der Waals surface area contributed by atoms with Crippen molar-refractivity contribution in [1.82, 2.24) is 5.32 Å². The molecular formula is C12H10F3NO2. The molecule has 0 bridgehead atoms. The fraction of sp³-hybridized carbons (Fsp3) is 0.250. The van der Waals surface area contributed by atoms with Gasteiger partial charge in [0.05, 0.1) is 5.56 Å². The lowest BCUT2D eigenvalue weighted by Crippen LogP contribution is -2.33. The van der Waals surface area contributed by atoms with Crippen molar-refractivity contribution in [3.8, 4) is 18.1 Å². The zero-order valence-electron chi connectivity index (χ0n) is 9.43. The highest BCUT2D eigenvalue weighted by Gasteiger charge is 2.22. The summed E-state index contributed by atoms with van der Waals surface area (Å²) >= 11 is 0. The van der Waals surface area contributed by atoms with Gasteiger partial charge in [-0.3, -0.25) is 4.79 Å². The van der Waals surface area contributed by atoms with Crippen LogP contribution in [-0.2, 0) is 0 Å². The molecule has 1 unspecified atom stereocenters. The van der Waals surface area contributed by atoms with Gasteiger partial charge in [-0.15, -0.1) is 12.3 Å². The number of carbonyl (C=O) groups is 1. The molecule has 0 fully saturated rings. The van der Waals surface area contributed by atoms with Crippen molar-refractivity contribution in [2.24, 2.45) is 0 Å². The zero-order valence-corrected chi connectivity index (χ0v) is 9.43. The molecule has 1 atom stereocenters. The van der Waals surface area contributed by atoms with Crippen molar-refractivity contribution in [3.63, 3.8) is 0 Å². The molecule has 1 rings (SSSR count). The Morgan fingerprint density at radius 1 is 1.50 bits per heavy atom. The third-order valence-corrected chi connectivity index (χ3v) is 2.18. The standard InChI is InChI=1S/C12H10F3NO2/c1-3-4-6(2)16-12(18)7-5-8(13)10(15)11(17)9(7)14/h1,5-6,17H,4H2,2H3,(H,16,18). The molecule has 0 aliphatic carbocycles. The van der Waals surface area contributed by atoms with Crippen LogP contribution in [0.2, 0.25) is 0 Å². The highest BCUT2D eigenvalue weighted by atomic mass is 19.2. The van der Waals surface area contributed by atoms with E-state index in [1.165, 1.54) is 0 Å². The van der Waals surface area contributed by atoms with Crippen molar-refractivity contribution in [3.05, 3.63) is 29.1 Å². The summed E-state index contributed by atoms with van der Waals surface area (Å²) < 4.78 is 39.1. The number of phenols is 1. The van der Waals surface area contributed by atoms with Crippen LogP contribution in [0, 0.1) is 29.8 Å². The third kappa shape index (κ3) is 2.74. The monoisotopic (exact) mass is 257 g/mol. The van der Waals surface area contributed by atoms with Crippen LogP contribution in [0.1, 0.15) is 23.7 Å². The first-order valence-electron chi connectivity index (χ1n) is 4.99. The van der Waals surface area contributed by atoms with E-state index in [-0.39, 0.29) is 6.42 Å². The lowest BCUT2D eigenvalue weighted by Gasteiger charge is -2.12. The molecule has 0 aliphatic heterocycles. The van der Waals surface area contributed by atoms with Crippen molar-refractivity contribution in [2.45, 2.75) is 19.4 Å². The van der Waals surface area contributed by atoms with Crippen LogP contribution >= 0.6 is 0 Å². The van der Waals surface area contributed by atoms with E-state index < -0.39 is 40.7 Å². The van der Waals surface area contributed by atoms with E-state index in [1.807, 2.05) is 0 Å². The second kappa shape index (κ2) is 5.45. The van der Waals surface area contributed by atoms with Gasteiger partial charge in [-0.2, -0.15) is 4.39 Å². The van der Waals surface area contributed by atoms with Gasteiger partial charge in [0.15, 0.2) is 17.4 Å². The summed E-state index contributed by atoms with van der Waals surface area (Å²) in [5, 5.41) is 11.2. The summed E-state index contributed by atoms with van der Waals surface area (Å²) in [5.74, 6) is -4.99. The Morgan fingerprint density at radius 2 is 2.11 bits per heavy atom. The molecule has 0 aliphatic rings. The van der Waals surface area contributed by atoms with Crippen LogP contribution in [-0.4, -0.2) is 17.1 Å². The Kier molecular flexibility index (Phi) is 4.21. The van der Waals surface area contributed by atoms with Gasteiger partial charge in [0, 0.05) is 12.5 Å². The number of halogens is 3. The maximum absolute atomic E-state index is 13.4. The van der Waals surface area contributed by atoms with Crippen LogP contribution in [0.5, 0.6) is 5.75 Å². The lowest BCUT2D eigenvalue weighted by molar-refractivity contribution is 0.0935. The molecule has 96 valence electrons. The van der Waals surface area contributed by atoms with Crippen LogP contribution in [0.25, 0.3) is 0 Å². The summed E-state index contributed by atoms with van der Waals surface area (Å²) in [7, 11) is 0. The van der Waals surface area contributed by atoms with Crippen LogP contribution in [0.4, 0.5) is 13.2 Å². The first-order valence-corrected chi connectivity index (χ1v) is 4.99. The highest BCUT2D eigenvalue weighted by Crippen LogP contribution is 2.25. The number of hydrogen-bond donors (Lipinski definition) is 2. The average Bonchev–Trinajstić information content (AvgIpc) is 2.31. The number of amides is 1. The maximum Gasteiger partial charge on any atom is 0.254 e. The highest BCUT2D eigenvalue weighted by molar-refractivity contribution is 5.95. The van der Waals surface area contributed by atoms with Crippen LogP contribution in [0.15, 0.2) is 6.07 Å². The van der Waals surface area contributed by atoms with E-state index in [0.29, 0.717) is 6.07 Å². The summed E-state index contributed by atoms with van der Waals surface area (Å²) in [6.45, 7) is 1.56. The van der Waals surface area contributed by atoms with Crippen LogP contribution in [0.3, 0.4) is 0 Å². The van der Waals surface area contributed by atoms with E-state index in [9.17, 15) is 18.0 Å². The smallest absolute Gasteiger partial charge is 0.254 e. The Bertz CT molecular complexity index is 523. The number of carbonyl (C=O) groups excluding carboxylic acids is 1. The van der Waals surface area contributed by atoms with Gasteiger partial charge in [0.2, 0.25) is 5.82 Å². The minimum atomic E-state index is -1.74. The molecular weight excluding hydrogens is 247 g/mol.